The van der Waals surface area contributed by atoms with Crippen molar-refractivity contribution in [3.63, 3.8) is 0 Å². The molecule has 0 spiro atoms. The number of nitrogens with one attached hydrogen (secondary N) is 2. The molecule has 5 heteroatoms. The van der Waals surface area contributed by atoms with Gasteiger partial charge < -0.3 is 10.6 Å². The van der Waals surface area contributed by atoms with Crippen LogP contribution in [0.4, 0.5) is 14.5 Å². The number of hydrogen-bond donors (Lipinski definition) is 2. The Bertz CT molecular complexity index is 454. The van der Waals surface area contributed by atoms with E-state index in [1.165, 1.54) is 7.05 Å². The van der Waals surface area contributed by atoms with Gasteiger partial charge in [-0.1, -0.05) is 33.1 Å². The van der Waals surface area contributed by atoms with Crippen LogP contribution < -0.4 is 10.6 Å². The first-order valence-corrected chi connectivity index (χ1v) is 7.48. The summed E-state index contributed by atoms with van der Waals surface area (Å²) in [4.78, 5) is 12.0. The van der Waals surface area contributed by atoms with Gasteiger partial charge in [-0.25, -0.2) is 8.78 Å². The SMILES string of the molecule is CCCCC(CC)CNC(=O)c1cc(F)c(NC)c(F)c1. The highest BCUT2D eigenvalue weighted by molar-refractivity contribution is 5.94. The predicted molar refractivity (Wildman–Crippen MR) is 81.5 cm³/mol. The van der Waals surface area contributed by atoms with E-state index in [0.29, 0.717) is 12.5 Å². The number of amides is 1. The van der Waals surface area contributed by atoms with E-state index in [0.717, 1.165) is 37.8 Å². The standard InChI is InChI=1S/C16H24F2N2O/c1-4-6-7-11(5-2)10-20-16(21)12-8-13(17)15(19-3)14(18)9-12/h8-9,11,19H,4-7,10H2,1-3H3,(H,20,21). The maximum atomic E-state index is 13.6. The van der Waals surface area contributed by atoms with Crippen molar-refractivity contribution in [2.75, 3.05) is 18.9 Å². The molecule has 1 atom stereocenters. The van der Waals surface area contributed by atoms with Crippen molar-refractivity contribution in [1.29, 1.82) is 0 Å². The minimum absolute atomic E-state index is 0.00865. The van der Waals surface area contributed by atoms with Crippen LogP contribution in [-0.2, 0) is 0 Å². The number of hydrogen-bond acceptors (Lipinski definition) is 2. The highest BCUT2D eigenvalue weighted by atomic mass is 19.1. The largest absolute Gasteiger partial charge is 0.383 e. The summed E-state index contributed by atoms with van der Waals surface area (Å²) in [5.41, 5.74) is -0.213. The molecule has 0 saturated heterocycles. The first kappa shape index (κ1) is 17.4. The van der Waals surface area contributed by atoms with Gasteiger partial charge in [0.25, 0.3) is 5.91 Å². The molecule has 0 heterocycles. The van der Waals surface area contributed by atoms with Gasteiger partial charge in [-0.15, -0.1) is 0 Å². The maximum absolute atomic E-state index is 13.6. The van der Waals surface area contributed by atoms with Crippen LogP contribution in [0, 0.1) is 17.6 Å². The highest BCUT2D eigenvalue weighted by Gasteiger charge is 2.15. The van der Waals surface area contributed by atoms with Crippen LogP contribution in [-0.4, -0.2) is 19.5 Å². The Balaban J connectivity index is 2.67. The Morgan fingerprint density at radius 3 is 2.33 bits per heavy atom. The first-order valence-electron chi connectivity index (χ1n) is 7.48. The average molecular weight is 298 g/mol. The first-order chi connectivity index (χ1) is 10.0. The molecule has 0 aliphatic carbocycles. The predicted octanol–water partition coefficient (Wildman–Crippen LogP) is 3.95. The molecule has 1 aromatic rings. The van der Waals surface area contributed by atoms with Gasteiger partial charge in [-0.2, -0.15) is 0 Å². The third kappa shape index (κ3) is 4.99. The van der Waals surface area contributed by atoms with Crippen molar-refractivity contribution in [2.24, 2.45) is 5.92 Å². The molecule has 2 N–H and O–H groups in total. The smallest absolute Gasteiger partial charge is 0.251 e. The maximum Gasteiger partial charge on any atom is 0.251 e. The summed E-state index contributed by atoms with van der Waals surface area (Å²) >= 11 is 0. The summed E-state index contributed by atoms with van der Waals surface area (Å²) in [7, 11) is 1.43. The third-order valence-corrected chi connectivity index (χ3v) is 3.65. The minimum Gasteiger partial charge on any atom is -0.383 e. The van der Waals surface area contributed by atoms with Gasteiger partial charge in [-0.3, -0.25) is 4.79 Å². The Morgan fingerprint density at radius 1 is 1.24 bits per heavy atom. The number of halogens is 2. The molecular weight excluding hydrogens is 274 g/mol. The van der Waals surface area contributed by atoms with Crippen molar-refractivity contribution in [2.45, 2.75) is 39.5 Å². The van der Waals surface area contributed by atoms with Crippen LogP contribution in [0.3, 0.4) is 0 Å². The van der Waals surface area contributed by atoms with E-state index in [2.05, 4.69) is 24.5 Å². The van der Waals surface area contributed by atoms with Crippen molar-refractivity contribution >= 4 is 11.6 Å². The summed E-state index contributed by atoms with van der Waals surface area (Å²) in [6.45, 7) is 4.74. The lowest BCUT2D eigenvalue weighted by atomic mass is 9.99. The van der Waals surface area contributed by atoms with E-state index in [1.54, 1.807) is 0 Å². The zero-order valence-electron chi connectivity index (χ0n) is 12.9. The summed E-state index contributed by atoms with van der Waals surface area (Å²) in [6.07, 6.45) is 4.26. The molecular formula is C16H24F2N2O. The fourth-order valence-electron chi connectivity index (χ4n) is 2.23. The van der Waals surface area contributed by atoms with Crippen molar-refractivity contribution in [3.05, 3.63) is 29.3 Å². The number of benzene rings is 1. The molecule has 118 valence electrons. The fraction of sp³-hybridized carbons (Fsp3) is 0.562. The lowest BCUT2D eigenvalue weighted by Gasteiger charge is -2.15. The number of carbonyl (C=O) groups is 1. The topological polar surface area (TPSA) is 41.1 Å². The van der Waals surface area contributed by atoms with Crippen LogP contribution in [0.1, 0.15) is 49.9 Å². The van der Waals surface area contributed by atoms with Gasteiger partial charge in [0, 0.05) is 19.2 Å². The van der Waals surface area contributed by atoms with Gasteiger partial charge in [0.1, 0.15) is 17.3 Å². The number of unbranched alkanes of at least 4 members (excludes halogenated alkanes) is 1. The van der Waals surface area contributed by atoms with Crippen LogP contribution in [0.25, 0.3) is 0 Å². The third-order valence-electron chi connectivity index (χ3n) is 3.65. The van der Waals surface area contributed by atoms with Crippen LogP contribution in [0.15, 0.2) is 12.1 Å². The van der Waals surface area contributed by atoms with E-state index < -0.39 is 17.5 Å². The van der Waals surface area contributed by atoms with E-state index in [1.807, 2.05) is 0 Å². The molecule has 0 radical (unpaired) electrons. The van der Waals surface area contributed by atoms with Crippen LogP contribution in [0.5, 0.6) is 0 Å². The Labute approximate surface area is 125 Å². The van der Waals surface area contributed by atoms with Gasteiger partial charge in [0.15, 0.2) is 0 Å². The molecule has 0 aliphatic heterocycles. The molecule has 1 amide bonds. The summed E-state index contributed by atoms with van der Waals surface area (Å²) in [5, 5.41) is 5.19. The monoisotopic (exact) mass is 298 g/mol. The quantitative estimate of drug-likeness (QED) is 0.763. The van der Waals surface area contributed by atoms with E-state index >= 15 is 0 Å². The van der Waals surface area contributed by atoms with Crippen LogP contribution >= 0.6 is 0 Å². The van der Waals surface area contributed by atoms with E-state index in [-0.39, 0.29) is 11.3 Å². The van der Waals surface area contributed by atoms with Crippen molar-refractivity contribution in [1.82, 2.24) is 5.32 Å². The molecule has 1 aromatic carbocycles. The molecule has 0 aromatic heterocycles. The Kier molecular flexibility index (Phi) is 7.12. The van der Waals surface area contributed by atoms with Gasteiger partial charge in [0.05, 0.1) is 0 Å². The minimum atomic E-state index is -0.763. The van der Waals surface area contributed by atoms with Crippen molar-refractivity contribution < 1.29 is 13.6 Å². The lowest BCUT2D eigenvalue weighted by molar-refractivity contribution is 0.0945. The summed E-state index contributed by atoms with van der Waals surface area (Å²) in [5.74, 6) is -1.56. The van der Waals surface area contributed by atoms with E-state index in [9.17, 15) is 13.6 Å². The molecule has 0 aliphatic rings. The van der Waals surface area contributed by atoms with Crippen molar-refractivity contribution in [3.8, 4) is 0 Å². The second-order valence-corrected chi connectivity index (χ2v) is 5.19. The molecule has 0 saturated carbocycles. The molecule has 1 rings (SSSR count). The summed E-state index contributed by atoms with van der Waals surface area (Å²) < 4.78 is 27.2. The zero-order chi connectivity index (χ0) is 15.8. The highest BCUT2D eigenvalue weighted by Crippen LogP contribution is 2.20. The second-order valence-electron chi connectivity index (χ2n) is 5.19. The molecule has 0 fully saturated rings. The fourth-order valence-corrected chi connectivity index (χ4v) is 2.23. The average Bonchev–Trinajstić information content (AvgIpc) is 2.46. The summed E-state index contributed by atoms with van der Waals surface area (Å²) in [6, 6.07) is 2.11. The van der Waals surface area contributed by atoms with Gasteiger partial charge >= 0.3 is 0 Å². The van der Waals surface area contributed by atoms with Gasteiger partial charge in [0.2, 0.25) is 0 Å². The number of carbonyl (C=O) groups excluding carboxylic acids is 1. The van der Waals surface area contributed by atoms with E-state index in [4.69, 9.17) is 0 Å². The van der Waals surface area contributed by atoms with Gasteiger partial charge in [-0.05, 0) is 24.5 Å². The Morgan fingerprint density at radius 2 is 1.86 bits per heavy atom. The lowest BCUT2D eigenvalue weighted by Crippen LogP contribution is -2.29. The molecule has 3 nitrogen and oxygen atoms in total. The second kappa shape index (κ2) is 8.60. The molecule has 0 bridgehead atoms. The number of anilines is 1. The van der Waals surface area contributed by atoms with Crippen LogP contribution in [0.2, 0.25) is 0 Å². The Hall–Kier alpha value is -1.65. The normalized spacial score (nSPS) is 12.0. The molecule has 21 heavy (non-hydrogen) atoms. The zero-order valence-corrected chi connectivity index (χ0v) is 12.9. The molecule has 1 unspecified atom stereocenters. The number of rotatable bonds is 8.